The van der Waals surface area contributed by atoms with Crippen molar-refractivity contribution >= 4 is 32.3 Å². The first kappa shape index (κ1) is 24.3. The Labute approximate surface area is 201 Å². The van der Waals surface area contributed by atoms with Gasteiger partial charge in [0.2, 0.25) is 15.9 Å². The highest BCUT2D eigenvalue weighted by Gasteiger charge is 2.15. The maximum atomic E-state index is 12.6. The minimum Gasteiger partial charge on any atom is -0.480 e. The predicted octanol–water partition coefficient (Wildman–Crippen LogP) is 2.45. The largest absolute Gasteiger partial charge is 0.480 e. The molecular weight excluding hydrogens is 472 g/mol. The number of fused-ring (bicyclic) bond motifs is 1. The molecule has 0 radical (unpaired) electrons. The summed E-state index contributed by atoms with van der Waals surface area (Å²) in [5.74, 6) is 0.620. The van der Waals surface area contributed by atoms with Crippen LogP contribution in [-0.2, 0) is 14.8 Å². The molecule has 0 aliphatic heterocycles. The number of nitrogens with one attached hydrogen (secondary N) is 3. The number of aromatic nitrogens is 4. The number of benzene rings is 1. The Kier molecular flexibility index (Phi) is 7.34. The normalized spacial score (nSPS) is 11.5. The number of pyridine rings is 2. The van der Waals surface area contributed by atoms with Crippen molar-refractivity contribution in [2.24, 2.45) is 0 Å². The second-order valence-electron chi connectivity index (χ2n) is 7.47. The third-order valence-electron chi connectivity index (χ3n) is 5.08. The summed E-state index contributed by atoms with van der Waals surface area (Å²) in [6.07, 6.45) is 5.15. The number of H-pyrrole nitrogens is 1. The zero-order valence-electron chi connectivity index (χ0n) is 19.1. The lowest BCUT2D eigenvalue weighted by Crippen LogP contribution is -2.25. The monoisotopic (exact) mass is 496 g/mol. The molecule has 0 fully saturated rings. The Morgan fingerprint density at radius 2 is 1.83 bits per heavy atom. The molecule has 0 aliphatic carbocycles. The van der Waals surface area contributed by atoms with Crippen LogP contribution in [-0.4, -0.2) is 55.7 Å². The fourth-order valence-corrected chi connectivity index (χ4v) is 4.44. The molecule has 3 heterocycles. The molecule has 4 rings (SSSR count). The van der Waals surface area contributed by atoms with Crippen LogP contribution in [0, 0.1) is 0 Å². The van der Waals surface area contributed by atoms with Crippen LogP contribution in [0.25, 0.3) is 22.2 Å². The zero-order valence-corrected chi connectivity index (χ0v) is 19.9. The molecule has 3 N–H and O–H groups in total. The molecule has 0 unspecified atom stereocenters. The number of hydrogen-bond acceptors (Lipinski definition) is 9. The number of aromatic amines is 1. The van der Waals surface area contributed by atoms with E-state index < -0.39 is 10.0 Å². The van der Waals surface area contributed by atoms with Crippen LogP contribution < -0.4 is 20.3 Å². The maximum absolute atomic E-state index is 12.6. The van der Waals surface area contributed by atoms with E-state index in [4.69, 9.17) is 9.47 Å². The molecule has 0 bridgehead atoms. The van der Waals surface area contributed by atoms with Gasteiger partial charge < -0.3 is 19.8 Å². The van der Waals surface area contributed by atoms with Crippen molar-refractivity contribution in [2.75, 3.05) is 32.7 Å². The molecule has 0 atom stereocenters. The molecule has 4 aromatic rings. The van der Waals surface area contributed by atoms with Crippen molar-refractivity contribution in [1.82, 2.24) is 24.7 Å². The summed E-state index contributed by atoms with van der Waals surface area (Å²) < 4.78 is 37.6. The fourth-order valence-electron chi connectivity index (χ4n) is 3.37. The van der Waals surface area contributed by atoms with Gasteiger partial charge in [-0.25, -0.2) is 23.1 Å². The highest BCUT2D eigenvalue weighted by molar-refractivity contribution is 7.89. The lowest BCUT2D eigenvalue weighted by atomic mass is 10.1. The molecular formula is C23H24N6O5S. The van der Waals surface area contributed by atoms with E-state index in [1.54, 1.807) is 43.8 Å². The van der Waals surface area contributed by atoms with Crippen LogP contribution in [0.4, 0.5) is 11.5 Å². The van der Waals surface area contributed by atoms with Gasteiger partial charge in [-0.05, 0) is 48.2 Å². The summed E-state index contributed by atoms with van der Waals surface area (Å²) in [6, 6.07) is 9.66. The highest BCUT2D eigenvalue weighted by Crippen LogP contribution is 2.27. The van der Waals surface area contributed by atoms with E-state index in [2.05, 4.69) is 30.0 Å². The first-order chi connectivity index (χ1) is 16.9. The van der Waals surface area contributed by atoms with Gasteiger partial charge in [-0.2, -0.15) is 0 Å². The van der Waals surface area contributed by atoms with Crippen molar-refractivity contribution in [3.05, 3.63) is 65.3 Å². The number of methoxy groups -OCH3 is 2. The van der Waals surface area contributed by atoms with Crippen LogP contribution in [0.2, 0.25) is 0 Å². The average Bonchev–Trinajstić information content (AvgIpc) is 2.87. The summed E-state index contributed by atoms with van der Waals surface area (Å²) in [5.41, 5.74) is 1.18. The first-order valence-corrected chi connectivity index (χ1v) is 12.1. The highest BCUT2D eigenvalue weighted by atomic mass is 32.2. The minimum absolute atomic E-state index is 0.122. The van der Waals surface area contributed by atoms with Gasteiger partial charge in [-0.1, -0.05) is 0 Å². The molecule has 0 saturated carbocycles. The zero-order chi connectivity index (χ0) is 24.8. The predicted molar refractivity (Wildman–Crippen MR) is 131 cm³/mol. The molecule has 12 heteroatoms. The quantitative estimate of drug-likeness (QED) is 0.282. The number of anilines is 2. The summed E-state index contributed by atoms with van der Waals surface area (Å²) in [4.78, 5) is 28.5. The number of nitrogens with zero attached hydrogens (tertiary/aromatic N) is 3. The second kappa shape index (κ2) is 10.6. The summed E-state index contributed by atoms with van der Waals surface area (Å²) >= 11 is 0. The third kappa shape index (κ3) is 5.62. The SMILES string of the molecule is COCCCNS(=O)(=O)c1ccc(Nc2nc(-c3cncc(OC)n3)cc3cc[nH]c(=O)c23)cc1. The Bertz CT molecular complexity index is 1490. The van der Waals surface area contributed by atoms with Crippen molar-refractivity contribution in [1.29, 1.82) is 0 Å². The van der Waals surface area contributed by atoms with Crippen LogP contribution in [0.15, 0.2) is 64.7 Å². The van der Waals surface area contributed by atoms with Gasteiger partial charge in [-0.3, -0.25) is 9.78 Å². The van der Waals surface area contributed by atoms with Gasteiger partial charge in [0.1, 0.15) is 11.5 Å². The first-order valence-electron chi connectivity index (χ1n) is 10.7. The number of hydrogen-bond donors (Lipinski definition) is 3. The fraction of sp³-hybridized carbons (Fsp3) is 0.217. The number of rotatable bonds is 10. The second-order valence-corrected chi connectivity index (χ2v) is 9.23. The van der Waals surface area contributed by atoms with Gasteiger partial charge in [0, 0.05) is 32.1 Å². The van der Waals surface area contributed by atoms with Gasteiger partial charge >= 0.3 is 0 Å². The Morgan fingerprint density at radius 3 is 2.57 bits per heavy atom. The molecule has 182 valence electrons. The van der Waals surface area contributed by atoms with Crippen molar-refractivity contribution in [3.8, 4) is 17.3 Å². The molecule has 0 spiro atoms. The molecule has 0 saturated heterocycles. The lowest BCUT2D eigenvalue weighted by molar-refractivity contribution is 0.196. The van der Waals surface area contributed by atoms with Crippen molar-refractivity contribution in [2.45, 2.75) is 11.3 Å². The smallest absolute Gasteiger partial charge is 0.259 e. The summed E-state index contributed by atoms with van der Waals surface area (Å²) in [7, 11) is -0.598. The van der Waals surface area contributed by atoms with Crippen LogP contribution in [0.3, 0.4) is 0 Å². The van der Waals surface area contributed by atoms with Crippen LogP contribution in [0.5, 0.6) is 5.88 Å². The van der Waals surface area contributed by atoms with Gasteiger partial charge in [0.15, 0.2) is 0 Å². The molecule has 0 aliphatic rings. The van der Waals surface area contributed by atoms with Crippen molar-refractivity contribution in [3.63, 3.8) is 0 Å². The molecule has 11 nitrogen and oxygen atoms in total. The topological polar surface area (TPSA) is 148 Å². The van der Waals surface area contributed by atoms with E-state index in [9.17, 15) is 13.2 Å². The van der Waals surface area contributed by atoms with E-state index in [1.807, 2.05) is 0 Å². The third-order valence-corrected chi connectivity index (χ3v) is 6.56. The number of sulfonamides is 1. The van der Waals surface area contributed by atoms with E-state index in [-0.39, 0.29) is 22.8 Å². The average molecular weight is 497 g/mol. The Balaban J connectivity index is 1.66. The maximum Gasteiger partial charge on any atom is 0.259 e. The van der Waals surface area contributed by atoms with E-state index in [0.29, 0.717) is 46.8 Å². The molecule has 35 heavy (non-hydrogen) atoms. The van der Waals surface area contributed by atoms with E-state index >= 15 is 0 Å². The standard InChI is InChI=1S/C23H24N6O5S/c1-33-11-3-9-26-35(31,32)17-6-4-16(5-7-17)27-22-21-15(8-10-25-23(21)30)12-18(29-22)19-13-24-14-20(28-19)34-2/h4-8,10,12-14,26H,3,9,11H2,1-2H3,(H,25,30)(H,27,29). The lowest BCUT2D eigenvalue weighted by Gasteiger charge is -2.12. The van der Waals surface area contributed by atoms with E-state index in [0.717, 1.165) is 0 Å². The number of ether oxygens (including phenoxy) is 2. The Hall–Kier alpha value is -3.87. The van der Waals surface area contributed by atoms with Crippen LogP contribution >= 0.6 is 0 Å². The molecule has 1 aromatic carbocycles. The van der Waals surface area contributed by atoms with Gasteiger partial charge in [0.05, 0.1) is 35.5 Å². The van der Waals surface area contributed by atoms with Gasteiger partial charge in [-0.15, -0.1) is 0 Å². The van der Waals surface area contributed by atoms with Gasteiger partial charge in [0.25, 0.3) is 5.56 Å². The molecule has 0 amide bonds. The van der Waals surface area contributed by atoms with Crippen LogP contribution in [0.1, 0.15) is 6.42 Å². The summed E-state index contributed by atoms with van der Waals surface area (Å²) in [6.45, 7) is 0.737. The summed E-state index contributed by atoms with van der Waals surface area (Å²) in [5, 5.41) is 4.12. The molecule has 3 aromatic heterocycles. The Morgan fingerprint density at radius 1 is 1.03 bits per heavy atom. The van der Waals surface area contributed by atoms with Crippen molar-refractivity contribution < 1.29 is 17.9 Å². The minimum atomic E-state index is -3.65. The van der Waals surface area contributed by atoms with E-state index in [1.165, 1.54) is 25.4 Å².